The van der Waals surface area contributed by atoms with Gasteiger partial charge < -0.3 is 20.7 Å². The molecule has 0 saturated carbocycles. The maximum absolute atomic E-state index is 11.2. The molecule has 0 bridgehead atoms. The number of primary amides is 1. The average molecular weight is 356 g/mol. The minimum Gasteiger partial charge on any atom is -0.750 e. The van der Waals surface area contributed by atoms with Crippen LogP contribution in [0.15, 0.2) is 24.3 Å². The Bertz CT molecular complexity index is 591. The molecule has 8 nitrogen and oxygen atoms in total. The molecule has 134 valence electrons. The molecule has 0 aromatic heterocycles. The molecule has 3 atom stereocenters. The maximum Gasteiger partial charge on any atom is 0.248 e. The van der Waals surface area contributed by atoms with Crippen LogP contribution in [0.2, 0.25) is 0 Å². The first kappa shape index (κ1) is 19.0. The number of hydrogen-bond acceptors (Lipinski definition) is 7. The summed E-state index contributed by atoms with van der Waals surface area (Å²) in [5.41, 5.74) is 4.84. The molecule has 1 saturated heterocycles. The molecule has 4 N–H and O–H groups in total. The molecule has 1 amide bonds. The van der Waals surface area contributed by atoms with Crippen molar-refractivity contribution < 1.29 is 22.8 Å². The van der Waals surface area contributed by atoms with Gasteiger partial charge in [-0.25, -0.2) is 4.21 Å². The van der Waals surface area contributed by atoms with E-state index < -0.39 is 29.1 Å². The van der Waals surface area contributed by atoms with E-state index in [1.54, 1.807) is 24.3 Å². The van der Waals surface area contributed by atoms with Crippen molar-refractivity contribution in [3.63, 3.8) is 0 Å². The Hall–Kier alpha value is -1.36. The Morgan fingerprint density at radius 1 is 1.46 bits per heavy atom. The summed E-state index contributed by atoms with van der Waals surface area (Å²) in [4.78, 5) is 13.0. The molecule has 1 aliphatic rings. The van der Waals surface area contributed by atoms with Crippen LogP contribution in [0.1, 0.15) is 22.8 Å². The van der Waals surface area contributed by atoms with E-state index in [9.17, 15) is 18.7 Å². The first-order valence-electron chi connectivity index (χ1n) is 7.66. The van der Waals surface area contributed by atoms with Gasteiger partial charge in [-0.2, -0.15) is 0 Å². The standard InChI is InChI=1S/C15H23N3O5S/c1-11(23-24(21)22)15(20,18-8-6-17-7-9-18)10-12-2-4-13(5-3-12)14(16)19/h2-5,11,17,20H,6-10H2,1H3,(H2,16,19)(H,21,22)/p-1. The van der Waals surface area contributed by atoms with Crippen LogP contribution < -0.4 is 11.1 Å². The highest BCUT2D eigenvalue weighted by Crippen LogP contribution is 2.26. The topological polar surface area (TPSA) is 128 Å². The zero-order valence-electron chi connectivity index (χ0n) is 13.4. The summed E-state index contributed by atoms with van der Waals surface area (Å²) in [5, 5.41) is 14.4. The smallest absolute Gasteiger partial charge is 0.248 e. The van der Waals surface area contributed by atoms with Crippen LogP contribution in [-0.2, 0) is 22.0 Å². The van der Waals surface area contributed by atoms with Gasteiger partial charge in [-0.1, -0.05) is 12.1 Å². The number of carbonyl (C=O) groups excluding carboxylic acids is 1. The number of piperazine rings is 1. The van der Waals surface area contributed by atoms with Crippen LogP contribution in [0.4, 0.5) is 0 Å². The SMILES string of the molecule is CC(OS(=O)[O-])C(O)(Cc1ccc(C(N)=O)cc1)N1CCNCC1. The molecular formula is C15H22N3O5S-. The highest BCUT2D eigenvalue weighted by molar-refractivity contribution is 7.74. The van der Waals surface area contributed by atoms with Gasteiger partial charge in [0.05, 0.1) is 11.4 Å². The van der Waals surface area contributed by atoms with E-state index in [0.29, 0.717) is 31.7 Å². The minimum absolute atomic E-state index is 0.157. The third-order valence-electron chi connectivity index (χ3n) is 4.24. The van der Waals surface area contributed by atoms with Crippen molar-refractivity contribution in [1.29, 1.82) is 0 Å². The van der Waals surface area contributed by atoms with Gasteiger partial charge in [-0.05, 0) is 24.6 Å². The molecule has 1 aliphatic heterocycles. The lowest BCUT2D eigenvalue weighted by Gasteiger charge is -2.45. The number of amides is 1. The summed E-state index contributed by atoms with van der Waals surface area (Å²) in [5.74, 6) is -0.530. The second-order valence-corrected chi connectivity index (χ2v) is 6.40. The first-order valence-corrected chi connectivity index (χ1v) is 8.66. The quantitative estimate of drug-likeness (QED) is 0.541. The highest BCUT2D eigenvalue weighted by atomic mass is 32.2. The molecule has 1 aromatic carbocycles. The fourth-order valence-corrected chi connectivity index (χ4v) is 3.24. The van der Waals surface area contributed by atoms with Gasteiger partial charge >= 0.3 is 0 Å². The molecule has 1 aromatic rings. The van der Waals surface area contributed by atoms with Crippen molar-refractivity contribution in [3.05, 3.63) is 35.4 Å². The minimum atomic E-state index is -2.73. The number of aliphatic hydroxyl groups is 1. The van der Waals surface area contributed by atoms with E-state index in [-0.39, 0.29) is 6.42 Å². The van der Waals surface area contributed by atoms with E-state index in [4.69, 9.17) is 9.92 Å². The van der Waals surface area contributed by atoms with Gasteiger partial charge in [0, 0.05) is 38.2 Å². The van der Waals surface area contributed by atoms with E-state index in [1.807, 2.05) is 4.90 Å². The number of rotatable bonds is 7. The van der Waals surface area contributed by atoms with Gasteiger partial charge in [0.15, 0.2) is 0 Å². The lowest BCUT2D eigenvalue weighted by molar-refractivity contribution is -0.167. The van der Waals surface area contributed by atoms with Crippen LogP contribution in [0.3, 0.4) is 0 Å². The summed E-state index contributed by atoms with van der Waals surface area (Å²) in [6, 6.07) is 6.53. The number of nitrogens with one attached hydrogen (secondary N) is 1. The molecule has 9 heteroatoms. The van der Waals surface area contributed by atoms with E-state index in [0.717, 1.165) is 5.56 Å². The Kier molecular flexibility index (Phi) is 6.44. The normalized spacial score (nSPS) is 21.0. The van der Waals surface area contributed by atoms with Gasteiger partial charge in [0.2, 0.25) is 5.91 Å². The van der Waals surface area contributed by atoms with Crippen LogP contribution in [-0.4, -0.2) is 62.7 Å². The third-order valence-corrected chi connectivity index (χ3v) is 4.69. The third kappa shape index (κ3) is 4.59. The molecule has 0 aliphatic carbocycles. The maximum atomic E-state index is 11.2. The van der Waals surface area contributed by atoms with Crippen molar-refractivity contribution in [1.82, 2.24) is 10.2 Å². The highest BCUT2D eigenvalue weighted by Gasteiger charge is 2.41. The monoisotopic (exact) mass is 356 g/mol. The molecule has 1 heterocycles. The Labute approximate surface area is 143 Å². The second-order valence-electron chi connectivity index (χ2n) is 5.80. The fraction of sp³-hybridized carbons (Fsp3) is 0.533. The van der Waals surface area contributed by atoms with Crippen molar-refractivity contribution >= 4 is 17.3 Å². The zero-order chi connectivity index (χ0) is 17.7. The van der Waals surface area contributed by atoms with Crippen molar-refractivity contribution in [2.45, 2.75) is 25.2 Å². The van der Waals surface area contributed by atoms with Crippen LogP contribution in [0.25, 0.3) is 0 Å². The van der Waals surface area contributed by atoms with E-state index >= 15 is 0 Å². The summed E-state index contributed by atoms with van der Waals surface area (Å²) in [6.07, 6.45) is -0.797. The molecular weight excluding hydrogens is 334 g/mol. The lowest BCUT2D eigenvalue weighted by atomic mass is 9.95. The molecule has 0 spiro atoms. The number of nitrogens with zero attached hydrogens (tertiary/aromatic N) is 1. The molecule has 3 unspecified atom stereocenters. The van der Waals surface area contributed by atoms with Gasteiger partial charge in [0.25, 0.3) is 0 Å². The van der Waals surface area contributed by atoms with E-state index in [2.05, 4.69) is 5.32 Å². The van der Waals surface area contributed by atoms with Gasteiger partial charge in [0.1, 0.15) is 11.8 Å². The first-order chi connectivity index (χ1) is 11.3. The number of nitrogens with two attached hydrogens (primary N) is 1. The molecule has 1 fully saturated rings. The Morgan fingerprint density at radius 3 is 2.54 bits per heavy atom. The zero-order valence-corrected chi connectivity index (χ0v) is 14.3. The summed E-state index contributed by atoms with van der Waals surface area (Å²) < 4.78 is 26.6. The fourth-order valence-electron chi connectivity index (χ4n) is 2.85. The molecule has 2 rings (SSSR count). The number of hydrogen-bond donors (Lipinski definition) is 3. The molecule has 0 radical (unpaired) electrons. The van der Waals surface area contributed by atoms with Crippen molar-refractivity contribution in [3.8, 4) is 0 Å². The van der Waals surface area contributed by atoms with Crippen LogP contribution in [0.5, 0.6) is 0 Å². The largest absolute Gasteiger partial charge is 0.750 e. The molecule has 24 heavy (non-hydrogen) atoms. The predicted octanol–water partition coefficient (Wildman–Crippen LogP) is -0.879. The predicted molar refractivity (Wildman–Crippen MR) is 87.5 cm³/mol. The summed E-state index contributed by atoms with van der Waals surface area (Å²) >= 11 is -2.73. The average Bonchev–Trinajstić information content (AvgIpc) is 2.55. The van der Waals surface area contributed by atoms with Crippen LogP contribution in [0, 0.1) is 0 Å². The van der Waals surface area contributed by atoms with E-state index in [1.165, 1.54) is 6.92 Å². The Balaban J connectivity index is 2.23. The summed E-state index contributed by atoms with van der Waals surface area (Å²) in [7, 11) is 0. The number of benzene rings is 1. The van der Waals surface area contributed by atoms with Gasteiger partial charge in [-0.15, -0.1) is 0 Å². The number of carbonyl (C=O) groups is 1. The van der Waals surface area contributed by atoms with Gasteiger partial charge in [-0.3, -0.25) is 13.9 Å². The lowest BCUT2D eigenvalue weighted by Crippen LogP contribution is -2.62. The second kappa shape index (κ2) is 8.15. The van der Waals surface area contributed by atoms with Crippen molar-refractivity contribution in [2.75, 3.05) is 26.2 Å². The van der Waals surface area contributed by atoms with Crippen LogP contribution >= 0.6 is 0 Å². The van der Waals surface area contributed by atoms with Crippen molar-refractivity contribution in [2.24, 2.45) is 5.73 Å². The summed E-state index contributed by atoms with van der Waals surface area (Å²) in [6.45, 7) is 4.03. The Morgan fingerprint density at radius 2 is 2.04 bits per heavy atom.